The SMILES string of the molecule is NCCNC(=O)c1ccccc1-c1ccc(S(=O)(=O)CCN)c(S(N)(=O)=O)c1C1=NCN=N1. The number of hydrogen-bond donors (Lipinski definition) is 4. The van der Waals surface area contributed by atoms with Gasteiger partial charge >= 0.3 is 0 Å². The molecule has 0 spiro atoms. The minimum Gasteiger partial charge on any atom is -0.351 e. The molecule has 176 valence electrons. The normalized spacial score (nSPS) is 13.7. The largest absolute Gasteiger partial charge is 0.351 e. The number of primary sulfonamides is 1. The standard InChI is InChI=1S/C19H23N7O5S2/c20-7-9-23-19(27)14-4-2-1-3-12(14)13-5-6-15(32(28,29)10-8-21)17(33(22,30)31)16(13)18-24-11-25-26-18/h1-6H,7-11,20-21H2,(H,23,27)(H2,22,30,31). The molecule has 7 N–H and O–H groups in total. The Kier molecular flexibility index (Phi) is 7.34. The van der Waals surface area contributed by atoms with Crippen LogP contribution in [0.1, 0.15) is 15.9 Å². The fourth-order valence-corrected chi connectivity index (χ4v) is 6.11. The van der Waals surface area contributed by atoms with Crippen LogP contribution in [0.4, 0.5) is 0 Å². The third-order valence-corrected chi connectivity index (χ3v) is 7.60. The molecule has 2 aromatic carbocycles. The van der Waals surface area contributed by atoms with Gasteiger partial charge in [-0.2, -0.15) is 5.11 Å². The molecule has 33 heavy (non-hydrogen) atoms. The van der Waals surface area contributed by atoms with Gasteiger partial charge in [0.25, 0.3) is 5.91 Å². The number of carbonyl (C=O) groups excluding carboxylic acids is 1. The monoisotopic (exact) mass is 493 g/mol. The van der Waals surface area contributed by atoms with Gasteiger partial charge in [-0.05, 0) is 23.3 Å². The van der Waals surface area contributed by atoms with Crippen molar-refractivity contribution in [1.29, 1.82) is 0 Å². The molecule has 12 nitrogen and oxygen atoms in total. The van der Waals surface area contributed by atoms with Gasteiger partial charge in [0, 0.05) is 30.8 Å². The van der Waals surface area contributed by atoms with E-state index in [9.17, 15) is 21.6 Å². The highest BCUT2D eigenvalue weighted by atomic mass is 32.2. The zero-order valence-electron chi connectivity index (χ0n) is 17.4. The summed E-state index contributed by atoms with van der Waals surface area (Å²) in [5.74, 6) is -1.06. The third-order valence-electron chi connectivity index (χ3n) is 4.69. The summed E-state index contributed by atoms with van der Waals surface area (Å²) in [5, 5.41) is 15.8. The van der Waals surface area contributed by atoms with E-state index in [0.717, 1.165) is 6.07 Å². The molecule has 0 bridgehead atoms. The van der Waals surface area contributed by atoms with E-state index < -0.39 is 41.3 Å². The van der Waals surface area contributed by atoms with Crippen LogP contribution in [0.5, 0.6) is 0 Å². The van der Waals surface area contributed by atoms with Crippen molar-refractivity contribution in [3.8, 4) is 11.1 Å². The van der Waals surface area contributed by atoms with Gasteiger partial charge in [-0.3, -0.25) is 4.79 Å². The number of sulfone groups is 1. The molecule has 0 aromatic heterocycles. The Labute approximate surface area is 190 Å². The fraction of sp³-hybridized carbons (Fsp3) is 0.263. The molecular weight excluding hydrogens is 470 g/mol. The minimum atomic E-state index is -4.60. The molecule has 1 aliphatic rings. The number of nitrogens with one attached hydrogen (secondary N) is 1. The summed E-state index contributed by atoms with van der Waals surface area (Å²) in [4.78, 5) is 15.6. The summed E-state index contributed by atoms with van der Waals surface area (Å²) < 4.78 is 51.1. The number of benzene rings is 2. The molecule has 0 unspecified atom stereocenters. The summed E-state index contributed by atoms with van der Waals surface area (Å²) in [6.07, 6.45) is 0. The van der Waals surface area contributed by atoms with E-state index in [1.54, 1.807) is 24.3 Å². The van der Waals surface area contributed by atoms with E-state index in [1.807, 2.05) is 0 Å². The van der Waals surface area contributed by atoms with Crippen LogP contribution in [0.2, 0.25) is 0 Å². The number of amidine groups is 1. The molecule has 1 aliphatic heterocycles. The minimum absolute atomic E-state index is 0.0722. The first kappa shape index (κ1) is 24.6. The zero-order chi connectivity index (χ0) is 24.2. The van der Waals surface area contributed by atoms with Crippen molar-refractivity contribution in [2.75, 3.05) is 32.1 Å². The lowest BCUT2D eigenvalue weighted by Crippen LogP contribution is -2.29. The Balaban J connectivity index is 2.41. The topological polar surface area (TPSA) is 213 Å². The first-order chi connectivity index (χ1) is 15.6. The smallest absolute Gasteiger partial charge is 0.251 e. The van der Waals surface area contributed by atoms with Gasteiger partial charge in [-0.25, -0.2) is 27.0 Å². The number of nitrogens with two attached hydrogens (primary N) is 3. The van der Waals surface area contributed by atoms with E-state index in [0.29, 0.717) is 5.56 Å². The predicted molar refractivity (Wildman–Crippen MR) is 122 cm³/mol. The molecule has 0 radical (unpaired) electrons. The van der Waals surface area contributed by atoms with Gasteiger partial charge < -0.3 is 16.8 Å². The van der Waals surface area contributed by atoms with Crippen molar-refractivity contribution in [3.63, 3.8) is 0 Å². The van der Waals surface area contributed by atoms with Gasteiger partial charge in [0.1, 0.15) is 4.90 Å². The second kappa shape index (κ2) is 9.84. The molecule has 0 saturated heterocycles. The number of aliphatic imine (C=N–C) groups is 1. The van der Waals surface area contributed by atoms with Crippen molar-refractivity contribution in [2.24, 2.45) is 31.8 Å². The molecular formula is C19H23N7O5S2. The Morgan fingerprint density at radius 3 is 2.33 bits per heavy atom. The predicted octanol–water partition coefficient (Wildman–Crippen LogP) is -0.408. The van der Waals surface area contributed by atoms with Gasteiger partial charge in [-0.1, -0.05) is 24.3 Å². The van der Waals surface area contributed by atoms with Crippen LogP contribution in [0.25, 0.3) is 11.1 Å². The lowest BCUT2D eigenvalue weighted by Gasteiger charge is -2.18. The Morgan fingerprint density at radius 2 is 1.73 bits per heavy atom. The van der Waals surface area contributed by atoms with Gasteiger partial charge in [-0.15, -0.1) is 5.11 Å². The summed E-state index contributed by atoms with van der Waals surface area (Å²) in [5.41, 5.74) is 11.4. The lowest BCUT2D eigenvalue weighted by molar-refractivity contribution is 0.0955. The number of sulfonamides is 1. The van der Waals surface area contributed by atoms with Crippen LogP contribution in [0.15, 0.2) is 61.4 Å². The number of amides is 1. The number of carbonyl (C=O) groups is 1. The first-order valence-corrected chi connectivity index (χ1v) is 12.9. The number of rotatable bonds is 9. The number of azo groups is 1. The molecule has 0 atom stereocenters. The van der Waals surface area contributed by atoms with Gasteiger partial charge in [0.15, 0.2) is 22.3 Å². The average molecular weight is 494 g/mol. The lowest BCUT2D eigenvalue weighted by atomic mass is 9.94. The third kappa shape index (κ3) is 5.15. The van der Waals surface area contributed by atoms with E-state index in [-0.39, 0.29) is 48.8 Å². The second-order valence-corrected chi connectivity index (χ2v) is 10.5. The molecule has 0 fully saturated rings. The Hall–Kier alpha value is -3.04. The van der Waals surface area contributed by atoms with Crippen molar-refractivity contribution >= 4 is 31.6 Å². The second-order valence-electron chi connectivity index (χ2n) is 6.92. The van der Waals surface area contributed by atoms with Crippen LogP contribution in [0, 0.1) is 0 Å². The van der Waals surface area contributed by atoms with Gasteiger partial charge in [0.05, 0.1) is 10.6 Å². The summed E-state index contributed by atoms with van der Waals surface area (Å²) in [6, 6.07) is 8.92. The van der Waals surface area contributed by atoms with Crippen LogP contribution in [0.3, 0.4) is 0 Å². The van der Waals surface area contributed by atoms with Crippen molar-refractivity contribution in [3.05, 3.63) is 47.5 Å². The highest BCUT2D eigenvalue weighted by Crippen LogP contribution is 2.36. The molecule has 1 amide bonds. The molecule has 0 aliphatic carbocycles. The van der Waals surface area contributed by atoms with E-state index in [4.69, 9.17) is 16.6 Å². The van der Waals surface area contributed by atoms with E-state index >= 15 is 0 Å². The summed E-state index contributed by atoms with van der Waals surface area (Å²) in [7, 11) is -8.72. The maximum atomic E-state index is 12.8. The van der Waals surface area contributed by atoms with Crippen LogP contribution < -0.4 is 21.9 Å². The van der Waals surface area contributed by atoms with Gasteiger partial charge in [0.2, 0.25) is 10.0 Å². The molecule has 2 aromatic rings. The first-order valence-electron chi connectivity index (χ1n) is 9.74. The molecule has 0 saturated carbocycles. The summed E-state index contributed by atoms with van der Waals surface area (Å²) in [6.45, 7) is 0.144. The molecule has 1 heterocycles. The average Bonchev–Trinajstić information content (AvgIpc) is 3.30. The van der Waals surface area contributed by atoms with Crippen molar-refractivity contribution in [1.82, 2.24) is 5.32 Å². The highest BCUT2D eigenvalue weighted by Gasteiger charge is 2.33. The highest BCUT2D eigenvalue weighted by molar-refractivity contribution is 7.93. The molecule has 3 rings (SSSR count). The molecule has 14 heteroatoms. The zero-order valence-corrected chi connectivity index (χ0v) is 19.1. The van der Waals surface area contributed by atoms with Crippen LogP contribution >= 0.6 is 0 Å². The quantitative estimate of drug-likeness (QED) is 0.362. The number of nitrogens with zero attached hydrogens (tertiary/aromatic N) is 3. The van der Waals surface area contributed by atoms with Crippen LogP contribution in [-0.4, -0.2) is 60.6 Å². The van der Waals surface area contributed by atoms with E-state index in [2.05, 4.69) is 20.5 Å². The fourth-order valence-electron chi connectivity index (χ4n) is 3.36. The van der Waals surface area contributed by atoms with Crippen molar-refractivity contribution < 1.29 is 21.6 Å². The number of hydrogen-bond acceptors (Lipinski definition) is 10. The maximum absolute atomic E-state index is 12.8. The Morgan fingerprint density at radius 1 is 1.00 bits per heavy atom. The van der Waals surface area contributed by atoms with Crippen LogP contribution in [-0.2, 0) is 19.9 Å². The van der Waals surface area contributed by atoms with E-state index in [1.165, 1.54) is 6.07 Å². The van der Waals surface area contributed by atoms with Crippen molar-refractivity contribution in [2.45, 2.75) is 9.79 Å². The Bertz CT molecular complexity index is 1350. The summed E-state index contributed by atoms with van der Waals surface area (Å²) >= 11 is 0. The maximum Gasteiger partial charge on any atom is 0.251 e.